The van der Waals surface area contributed by atoms with E-state index in [-0.39, 0.29) is 21.9 Å². The highest BCUT2D eigenvalue weighted by atomic mass is 15.3. The summed E-state index contributed by atoms with van der Waals surface area (Å²) in [6.07, 6.45) is 13.5. The lowest BCUT2D eigenvalue weighted by Gasteiger charge is -2.50. The third-order valence-electron chi connectivity index (χ3n) is 17.4. The van der Waals surface area contributed by atoms with Gasteiger partial charge in [0, 0.05) is 45.4 Å². The van der Waals surface area contributed by atoms with Crippen molar-refractivity contribution >= 4 is 66.1 Å². The summed E-state index contributed by atoms with van der Waals surface area (Å²) >= 11 is 0. The minimum Gasteiger partial charge on any atom is -0.319 e. The summed E-state index contributed by atoms with van der Waals surface area (Å²) in [5.41, 5.74) is 10.5. The van der Waals surface area contributed by atoms with E-state index >= 15 is 0 Å². The molecule has 13 rings (SSSR count). The van der Waals surface area contributed by atoms with Crippen LogP contribution in [-0.2, 0) is 10.8 Å². The van der Waals surface area contributed by atoms with Gasteiger partial charge in [-0.2, -0.15) is 0 Å². The molecular weight excluding hydrogens is 777 g/mol. The van der Waals surface area contributed by atoms with Gasteiger partial charge in [0.2, 0.25) is 0 Å². The van der Waals surface area contributed by atoms with E-state index in [2.05, 4.69) is 183 Å². The predicted molar refractivity (Wildman–Crippen MR) is 269 cm³/mol. The highest BCUT2D eigenvalue weighted by Gasteiger charge is 2.59. The normalized spacial score (nSPS) is 24.9. The van der Waals surface area contributed by atoms with Crippen molar-refractivity contribution in [3.05, 3.63) is 169 Å². The molecule has 4 nitrogen and oxygen atoms in total. The molecule has 64 heavy (non-hydrogen) atoms. The van der Waals surface area contributed by atoms with Crippen LogP contribution >= 0.6 is 0 Å². The van der Waals surface area contributed by atoms with E-state index in [1.807, 2.05) is 12.4 Å². The van der Waals surface area contributed by atoms with Crippen LogP contribution in [0.3, 0.4) is 0 Å². The molecule has 4 heterocycles. The second-order valence-corrected chi connectivity index (χ2v) is 20.3. The number of fused-ring (bicyclic) bond motifs is 10. The lowest BCUT2D eigenvalue weighted by Crippen LogP contribution is -2.54. The minimum absolute atomic E-state index is 0.0374. The zero-order valence-electron chi connectivity index (χ0n) is 37.5. The molecule has 9 aromatic rings. The van der Waals surface area contributed by atoms with Crippen LogP contribution < -0.4 is 9.80 Å². The van der Waals surface area contributed by atoms with Crippen LogP contribution in [0.1, 0.15) is 90.2 Å². The Balaban J connectivity index is 1.01. The van der Waals surface area contributed by atoms with Gasteiger partial charge >= 0.3 is 0 Å². The SMILES string of the molecule is CC12CCCCC1(C)N(c1nccc3ccccc13)c1ccc(-c3c4ccccc4c(-c4ccc5c(c4)C4(C)CCCCC4(C)N5c4nccc5ccccc45)c4ccccc34)cc12. The fraction of sp³-hybridized carbons (Fsp3) is 0.267. The van der Waals surface area contributed by atoms with Crippen LogP contribution in [0.5, 0.6) is 0 Å². The third-order valence-corrected chi connectivity index (χ3v) is 17.4. The second-order valence-electron chi connectivity index (χ2n) is 20.3. The summed E-state index contributed by atoms with van der Waals surface area (Å²) in [6.45, 7) is 10.1. The number of pyridine rings is 2. The molecule has 0 saturated heterocycles. The number of aromatic nitrogens is 2. The molecular formula is C60H54N4. The van der Waals surface area contributed by atoms with Crippen LogP contribution in [0.15, 0.2) is 158 Å². The Bertz CT molecular complexity index is 3110. The summed E-state index contributed by atoms with van der Waals surface area (Å²) in [5.74, 6) is 2.16. The molecule has 2 saturated carbocycles. The van der Waals surface area contributed by atoms with Crippen molar-refractivity contribution < 1.29 is 0 Å². The maximum atomic E-state index is 5.16. The number of rotatable bonds is 4. The van der Waals surface area contributed by atoms with E-state index < -0.39 is 0 Å². The summed E-state index contributed by atoms with van der Waals surface area (Å²) in [4.78, 5) is 15.6. The molecule has 314 valence electrons. The summed E-state index contributed by atoms with van der Waals surface area (Å²) in [5, 5.41) is 10.1. The first-order valence-electron chi connectivity index (χ1n) is 23.7. The average Bonchev–Trinajstić information content (AvgIpc) is 3.67. The molecule has 2 aromatic heterocycles. The van der Waals surface area contributed by atoms with E-state index in [1.54, 1.807) is 0 Å². The summed E-state index contributed by atoms with van der Waals surface area (Å²) in [6, 6.07) is 55.1. The van der Waals surface area contributed by atoms with Gasteiger partial charge in [-0.1, -0.05) is 149 Å². The molecule has 2 aliphatic heterocycles. The van der Waals surface area contributed by atoms with Crippen molar-refractivity contribution in [2.75, 3.05) is 9.80 Å². The van der Waals surface area contributed by atoms with Crippen molar-refractivity contribution in [1.29, 1.82) is 0 Å². The minimum atomic E-state index is -0.102. The van der Waals surface area contributed by atoms with E-state index in [9.17, 15) is 0 Å². The lowest BCUT2D eigenvalue weighted by molar-refractivity contribution is 0.194. The third kappa shape index (κ3) is 4.89. The van der Waals surface area contributed by atoms with Gasteiger partial charge in [0.15, 0.2) is 0 Å². The molecule has 4 atom stereocenters. The zero-order valence-corrected chi connectivity index (χ0v) is 37.5. The maximum absolute atomic E-state index is 5.16. The van der Waals surface area contributed by atoms with Gasteiger partial charge in [-0.25, -0.2) is 9.97 Å². The quantitative estimate of drug-likeness (QED) is 0.165. The molecule has 0 radical (unpaired) electrons. The summed E-state index contributed by atoms with van der Waals surface area (Å²) in [7, 11) is 0. The number of hydrogen-bond donors (Lipinski definition) is 0. The number of hydrogen-bond acceptors (Lipinski definition) is 4. The largest absolute Gasteiger partial charge is 0.319 e. The van der Waals surface area contributed by atoms with Crippen LogP contribution in [0, 0.1) is 0 Å². The molecule has 4 aliphatic rings. The topological polar surface area (TPSA) is 32.3 Å². The first-order chi connectivity index (χ1) is 31.2. The average molecular weight is 831 g/mol. The lowest BCUT2D eigenvalue weighted by atomic mass is 9.61. The van der Waals surface area contributed by atoms with Crippen molar-refractivity contribution in [3.8, 4) is 22.3 Å². The highest BCUT2D eigenvalue weighted by Crippen LogP contribution is 2.64. The van der Waals surface area contributed by atoms with E-state index in [0.717, 1.165) is 37.3 Å². The Morgan fingerprint density at radius 1 is 0.391 bits per heavy atom. The Morgan fingerprint density at radius 3 is 1.16 bits per heavy atom. The van der Waals surface area contributed by atoms with E-state index in [4.69, 9.17) is 9.97 Å². The van der Waals surface area contributed by atoms with E-state index in [0.29, 0.717) is 0 Å². The molecule has 0 N–H and O–H groups in total. The Hall–Kier alpha value is -6.52. The van der Waals surface area contributed by atoms with Crippen LogP contribution in [0.2, 0.25) is 0 Å². The van der Waals surface area contributed by atoms with Crippen molar-refractivity contribution in [2.24, 2.45) is 0 Å². The molecule has 7 aromatic carbocycles. The first kappa shape index (κ1) is 38.0. The van der Waals surface area contributed by atoms with Crippen LogP contribution in [0.4, 0.5) is 23.0 Å². The molecule has 4 heteroatoms. The number of anilines is 4. The van der Waals surface area contributed by atoms with Gasteiger partial charge in [-0.15, -0.1) is 0 Å². The van der Waals surface area contributed by atoms with Gasteiger partial charge in [0.1, 0.15) is 11.6 Å². The highest BCUT2D eigenvalue weighted by molar-refractivity contribution is 6.21. The maximum Gasteiger partial charge on any atom is 0.141 e. The molecule has 0 spiro atoms. The standard InChI is InChI=1S/C60H54N4/c1-57-31-13-15-33-59(57,3)63(55-43-19-7-5-17-39(43)29-35-61-55)51-27-25-41(37-49(51)57)53-45-21-9-11-23-47(45)54(48-24-12-10-22-46(48)53)42-26-28-52-50(38-42)58(2)32-14-16-34-60(58,4)64(52)56-44-20-8-6-18-40(44)30-36-62-56/h5-12,17-30,35-38H,13-16,31-34H2,1-4H3. The zero-order chi connectivity index (χ0) is 43.0. The molecule has 0 bridgehead atoms. The van der Waals surface area contributed by atoms with Gasteiger partial charge in [-0.05, 0) is 142 Å². The first-order valence-corrected chi connectivity index (χ1v) is 23.7. The fourth-order valence-electron chi connectivity index (χ4n) is 13.8. The molecule has 0 amide bonds. The van der Waals surface area contributed by atoms with E-state index in [1.165, 1.54) is 114 Å². The van der Waals surface area contributed by atoms with Gasteiger partial charge in [0.05, 0.1) is 11.1 Å². The van der Waals surface area contributed by atoms with Crippen molar-refractivity contribution in [2.45, 2.75) is 101 Å². The molecule has 2 aliphatic carbocycles. The Kier molecular flexibility index (Phi) is 8.01. The van der Waals surface area contributed by atoms with Gasteiger partial charge < -0.3 is 9.80 Å². The number of nitrogens with zero attached hydrogens (tertiary/aromatic N) is 4. The van der Waals surface area contributed by atoms with Crippen molar-refractivity contribution in [3.63, 3.8) is 0 Å². The second kappa shape index (κ2) is 13.5. The smallest absolute Gasteiger partial charge is 0.141 e. The van der Waals surface area contributed by atoms with Crippen molar-refractivity contribution in [1.82, 2.24) is 9.97 Å². The van der Waals surface area contributed by atoms with Crippen LogP contribution in [0.25, 0.3) is 65.3 Å². The molecule has 2 fully saturated rings. The predicted octanol–water partition coefficient (Wildman–Crippen LogP) is 15.9. The molecule has 4 unspecified atom stereocenters. The van der Waals surface area contributed by atoms with Crippen LogP contribution in [-0.4, -0.2) is 21.0 Å². The Labute approximate surface area is 376 Å². The van der Waals surface area contributed by atoms with Gasteiger partial charge in [-0.3, -0.25) is 0 Å². The summed E-state index contributed by atoms with van der Waals surface area (Å²) < 4.78 is 0. The fourth-order valence-corrected chi connectivity index (χ4v) is 13.8. The Morgan fingerprint density at radius 2 is 0.750 bits per heavy atom. The van der Waals surface area contributed by atoms with Gasteiger partial charge in [0.25, 0.3) is 0 Å². The number of benzene rings is 7. The monoisotopic (exact) mass is 830 g/mol.